The Morgan fingerprint density at radius 3 is 2.11 bits per heavy atom. The Bertz CT molecular complexity index is 1550. The van der Waals surface area contributed by atoms with Crippen LogP contribution < -0.4 is 10.9 Å². The lowest BCUT2D eigenvalue weighted by molar-refractivity contribution is -0.115. The number of anilines is 1. The molecule has 0 aliphatic heterocycles. The maximum atomic E-state index is 13.1. The molecule has 1 unspecified atom stereocenters. The van der Waals surface area contributed by atoms with E-state index in [4.69, 9.17) is 4.98 Å². The fraction of sp³-hybridized carbons (Fsp3) is 0.107. The van der Waals surface area contributed by atoms with Crippen molar-refractivity contribution in [2.45, 2.75) is 23.8 Å². The van der Waals surface area contributed by atoms with Crippen molar-refractivity contribution < 1.29 is 4.79 Å². The number of amides is 1. The molecule has 0 spiro atoms. The van der Waals surface area contributed by atoms with Crippen molar-refractivity contribution in [2.24, 2.45) is 0 Å². The van der Waals surface area contributed by atoms with E-state index in [9.17, 15) is 9.59 Å². The molecule has 5 rings (SSSR count). The molecule has 0 aliphatic carbocycles. The number of thioether (sulfide) groups is 1. The summed E-state index contributed by atoms with van der Waals surface area (Å²) in [6, 6.07) is 30.1. The second-order valence-corrected chi connectivity index (χ2v) is 9.38. The van der Waals surface area contributed by atoms with Crippen LogP contribution in [0.25, 0.3) is 28.2 Å². The van der Waals surface area contributed by atoms with Gasteiger partial charge in [-0.2, -0.15) is 0 Å². The quantitative estimate of drug-likeness (QED) is 0.279. The van der Waals surface area contributed by atoms with E-state index >= 15 is 0 Å². The molecule has 0 fully saturated rings. The molecule has 0 saturated heterocycles. The van der Waals surface area contributed by atoms with Crippen LogP contribution in [0.2, 0.25) is 0 Å². The van der Waals surface area contributed by atoms with Gasteiger partial charge in [0.05, 0.1) is 10.9 Å². The fourth-order valence-electron chi connectivity index (χ4n) is 3.84. The van der Waals surface area contributed by atoms with Crippen molar-refractivity contribution in [1.29, 1.82) is 0 Å². The molecule has 0 aliphatic rings. The van der Waals surface area contributed by atoms with Crippen LogP contribution in [0.1, 0.15) is 13.3 Å². The van der Waals surface area contributed by atoms with E-state index in [0.717, 1.165) is 11.1 Å². The van der Waals surface area contributed by atoms with Crippen molar-refractivity contribution in [1.82, 2.24) is 25.0 Å². The van der Waals surface area contributed by atoms with Crippen LogP contribution in [0.3, 0.4) is 0 Å². The molecule has 0 saturated carbocycles. The first-order chi connectivity index (χ1) is 18.1. The molecule has 2 N–H and O–H groups in total. The number of H-pyrrole nitrogens is 1. The number of nitrogens with zero attached hydrogens (tertiary/aromatic N) is 4. The van der Waals surface area contributed by atoms with Crippen LogP contribution in [0, 0.1) is 0 Å². The number of carbonyl (C=O) groups excluding carboxylic acids is 1. The Morgan fingerprint density at radius 2 is 1.49 bits per heavy atom. The summed E-state index contributed by atoms with van der Waals surface area (Å²) in [7, 11) is 0. The average Bonchev–Trinajstić information content (AvgIpc) is 3.32. The molecule has 1 atom stereocenters. The fourth-order valence-corrected chi connectivity index (χ4v) is 4.66. The number of benzene rings is 3. The van der Waals surface area contributed by atoms with E-state index in [0.29, 0.717) is 34.5 Å². The summed E-state index contributed by atoms with van der Waals surface area (Å²) in [5.41, 5.74) is 3.61. The van der Waals surface area contributed by atoms with E-state index in [2.05, 4.69) is 20.6 Å². The number of nitrogens with one attached hydrogen (secondary N) is 2. The minimum Gasteiger partial charge on any atom is -0.310 e. The third kappa shape index (κ3) is 5.52. The second kappa shape index (κ2) is 11.0. The van der Waals surface area contributed by atoms with Crippen molar-refractivity contribution in [3.63, 3.8) is 0 Å². The number of aromatic nitrogens is 5. The predicted octanol–water partition coefficient (Wildman–Crippen LogP) is 5.19. The zero-order chi connectivity index (χ0) is 25.6. The van der Waals surface area contributed by atoms with Crippen LogP contribution in [0.4, 0.5) is 5.82 Å². The van der Waals surface area contributed by atoms with E-state index in [1.807, 2.05) is 97.9 Å². The van der Waals surface area contributed by atoms with Crippen molar-refractivity contribution >= 4 is 23.5 Å². The first kappa shape index (κ1) is 24.2. The van der Waals surface area contributed by atoms with E-state index in [-0.39, 0.29) is 11.5 Å². The summed E-state index contributed by atoms with van der Waals surface area (Å²) >= 11 is 1.24. The highest BCUT2D eigenvalue weighted by Crippen LogP contribution is 2.31. The molecule has 0 bridgehead atoms. The molecule has 184 valence electrons. The maximum absolute atomic E-state index is 13.1. The first-order valence-corrected chi connectivity index (χ1v) is 12.7. The molecule has 37 heavy (non-hydrogen) atoms. The Labute approximate surface area is 217 Å². The zero-order valence-electron chi connectivity index (χ0n) is 20.0. The van der Waals surface area contributed by atoms with Crippen molar-refractivity contribution in [3.05, 3.63) is 107 Å². The van der Waals surface area contributed by atoms with Crippen LogP contribution in [-0.2, 0) is 4.79 Å². The zero-order valence-corrected chi connectivity index (χ0v) is 20.9. The lowest BCUT2D eigenvalue weighted by Crippen LogP contribution is -2.25. The predicted molar refractivity (Wildman–Crippen MR) is 146 cm³/mol. The smallest absolute Gasteiger partial charge is 0.273 e. The largest absolute Gasteiger partial charge is 0.310 e. The molecule has 5 aromatic rings. The summed E-state index contributed by atoms with van der Waals surface area (Å²) < 4.78 is 1.38. The van der Waals surface area contributed by atoms with Gasteiger partial charge < -0.3 is 5.32 Å². The van der Waals surface area contributed by atoms with Gasteiger partial charge in [-0.3, -0.25) is 14.7 Å². The lowest BCUT2D eigenvalue weighted by Gasteiger charge is -2.14. The Hall–Kier alpha value is -4.50. The van der Waals surface area contributed by atoms with Gasteiger partial charge in [0.15, 0.2) is 0 Å². The van der Waals surface area contributed by atoms with Crippen molar-refractivity contribution in [3.8, 4) is 28.2 Å². The molecular weight excluding hydrogens is 484 g/mol. The van der Waals surface area contributed by atoms with Gasteiger partial charge in [0.1, 0.15) is 17.2 Å². The summed E-state index contributed by atoms with van der Waals surface area (Å²) in [5, 5.41) is 14.5. The minimum atomic E-state index is -0.489. The average molecular weight is 509 g/mol. The van der Waals surface area contributed by atoms with Crippen molar-refractivity contribution in [2.75, 3.05) is 5.32 Å². The normalized spacial score (nSPS) is 11.7. The van der Waals surface area contributed by atoms with E-state index < -0.39 is 5.25 Å². The third-order valence-corrected chi connectivity index (χ3v) is 6.88. The standard InChI is InChI=1S/C28H24N6O2S/c1-2-22(27(36)29-23-18-24(35)34(33-23)21-16-10-5-11-17-21)37-28-30-25(19-12-6-3-7-13-19)26(31-32-28)20-14-8-4-9-15-20/h3-18,22,33H,2H2,1H3,(H,29,36). The van der Waals surface area contributed by atoms with Gasteiger partial charge in [-0.1, -0.05) is 97.5 Å². The highest BCUT2D eigenvalue weighted by Gasteiger charge is 2.22. The molecule has 9 heteroatoms. The summed E-state index contributed by atoms with van der Waals surface area (Å²) in [6.07, 6.45) is 0.532. The van der Waals surface area contributed by atoms with Crippen LogP contribution in [-0.4, -0.2) is 36.1 Å². The number of carbonyl (C=O) groups is 1. The van der Waals surface area contributed by atoms with Gasteiger partial charge in [0.2, 0.25) is 11.1 Å². The third-order valence-electron chi connectivity index (χ3n) is 5.67. The van der Waals surface area contributed by atoms with E-state index in [1.165, 1.54) is 22.5 Å². The highest BCUT2D eigenvalue weighted by molar-refractivity contribution is 8.00. The molecule has 3 aromatic carbocycles. The van der Waals surface area contributed by atoms with Gasteiger partial charge in [0.25, 0.3) is 5.56 Å². The number of para-hydroxylation sites is 1. The van der Waals surface area contributed by atoms with Gasteiger partial charge in [0, 0.05) is 17.2 Å². The monoisotopic (exact) mass is 508 g/mol. The van der Waals surface area contributed by atoms with Gasteiger partial charge in [-0.15, -0.1) is 10.2 Å². The molecule has 0 radical (unpaired) electrons. The summed E-state index contributed by atoms with van der Waals surface area (Å²) in [6.45, 7) is 1.92. The molecule has 2 aromatic heterocycles. The Balaban J connectivity index is 1.39. The molecule has 2 heterocycles. The number of aromatic amines is 1. The molecular formula is C28H24N6O2S. The van der Waals surface area contributed by atoms with Gasteiger partial charge in [-0.25, -0.2) is 9.67 Å². The molecule has 8 nitrogen and oxygen atoms in total. The number of hydrogen-bond acceptors (Lipinski definition) is 6. The Kier molecular flexibility index (Phi) is 7.23. The van der Waals surface area contributed by atoms with Gasteiger partial charge in [-0.05, 0) is 18.6 Å². The van der Waals surface area contributed by atoms with Crippen LogP contribution in [0.5, 0.6) is 0 Å². The SMILES string of the molecule is CCC(Sc1nnc(-c2ccccc2)c(-c2ccccc2)n1)C(=O)Nc1cc(=O)n(-c2ccccc2)[nH]1. The van der Waals surface area contributed by atoms with Gasteiger partial charge >= 0.3 is 0 Å². The maximum Gasteiger partial charge on any atom is 0.273 e. The summed E-state index contributed by atoms with van der Waals surface area (Å²) in [5.74, 6) is 0.0623. The summed E-state index contributed by atoms with van der Waals surface area (Å²) in [4.78, 5) is 30.3. The minimum absolute atomic E-state index is 0.258. The number of hydrogen-bond donors (Lipinski definition) is 2. The second-order valence-electron chi connectivity index (χ2n) is 8.21. The molecule has 1 amide bonds. The first-order valence-electron chi connectivity index (χ1n) is 11.8. The highest BCUT2D eigenvalue weighted by atomic mass is 32.2. The van der Waals surface area contributed by atoms with Crippen LogP contribution >= 0.6 is 11.8 Å². The van der Waals surface area contributed by atoms with E-state index in [1.54, 1.807) is 0 Å². The Morgan fingerprint density at radius 1 is 0.892 bits per heavy atom. The topological polar surface area (TPSA) is 106 Å². The van der Waals surface area contributed by atoms with Crippen LogP contribution in [0.15, 0.2) is 107 Å². The lowest BCUT2D eigenvalue weighted by atomic mass is 10.0. The number of rotatable bonds is 8.